The summed E-state index contributed by atoms with van der Waals surface area (Å²) in [5.41, 5.74) is 2.57. The van der Waals surface area contributed by atoms with E-state index in [4.69, 9.17) is 0 Å². The van der Waals surface area contributed by atoms with Gasteiger partial charge >= 0.3 is 0 Å². The molecule has 1 aliphatic rings. The van der Waals surface area contributed by atoms with Gasteiger partial charge in [0.25, 0.3) is 5.24 Å². The number of benzene rings is 2. The van der Waals surface area contributed by atoms with Crippen LogP contribution in [0.3, 0.4) is 0 Å². The largest absolute Gasteiger partial charge is 0.344 e. The summed E-state index contributed by atoms with van der Waals surface area (Å²) in [7, 11) is -1.90. The number of carbonyl (C=O) groups is 1. The fourth-order valence-electron chi connectivity index (χ4n) is 3.44. The third-order valence-electron chi connectivity index (χ3n) is 4.82. The Morgan fingerprint density at radius 3 is 2.43 bits per heavy atom. The highest BCUT2D eigenvalue weighted by Gasteiger charge is 2.30. The maximum Gasteiger partial charge on any atom is 0.270 e. The molecule has 1 amide bonds. The molecule has 0 unspecified atom stereocenters. The van der Waals surface area contributed by atoms with Gasteiger partial charge in [-0.05, 0) is 53.0 Å². The minimum atomic E-state index is -1.90. The van der Waals surface area contributed by atoms with Crippen LogP contribution in [-0.4, -0.2) is 9.81 Å². The topological polar surface area (TPSA) is 34.0 Å². The van der Waals surface area contributed by atoms with Crippen LogP contribution >= 0.6 is 10.0 Å². The molecule has 4 rings (SSSR count). The molecule has 0 bridgehead atoms. The van der Waals surface area contributed by atoms with Gasteiger partial charge < -0.3 is 9.88 Å². The van der Waals surface area contributed by atoms with Crippen molar-refractivity contribution in [2.24, 2.45) is 0 Å². The average molecular weight is 398 g/mol. The monoisotopic (exact) mass is 398 g/mol. The standard InChI is InChI=1S/C22H20F2N2OS/c1-16-10-18-6-2-3-7-21(18)26(16)15-28(8-4-5-9-28)22(27)25-14-17-11-19(23)13-20(24)12-17/h2-13H,14-15H2,1H3,(H,25,27). The summed E-state index contributed by atoms with van der Waals surface area (Å²) in [6.45, 7) is 2.11. The van der Waals surface area contributed by atoms with Crippen LogP contribution in [0.1, 0.15) is 11.3 Å². The van der Waals surface area contributed by atoms with Crippen LogP contribution < -0.4 is 5.32 Å². The number of carbonyl (C=O) groups excluding carboxylic acids is 1. The molecular weight excluding hydrogens is 378 g/mol. The second-order valence-electron chi connectivity index (χ2n) is 6.83. The van der Waals surface area contributed by atoms with Crippen LogP contribution in [0.15, 0.2) is 71.5 Å². The minimum Gasteiger partial charge on any atom is -0.344 e. The van der Waals surface area contributed by atoms with Crippen LogP contribution in [0.2, 0.25) is 0 Å². The van der Waals surface area contributed by atoms with Crippen molar-refractivity contribution in [2.45, 2.75) is 19.3 Å². The number of aryl methyl sites for hydroxylation is 1. The second-order valence-corrected chi connectivity index (χ2v) is 9.70. The first-order valence-electron chi connectivity index (χ1n) is 8.90. The summed E-state index contributed by atoms with van der Waals surface area (Å²) >= 11 is 0. The van der Waals surface area contributed by atoms with Gasteiger partial charge in [-0.15, -0.1) is 10.0 Å². The van der Waals surface area contributed by atoms with Crippen LogP contribution in [0.4, 0.5) is 13.6 Å². The molecule has 0 spiro atoms. The van der Waals surface area contributed by atoms with Gasteiger partial charge in [0.05, 0.1) is 5.88 Å². The van der Waals surface area contributed by atoms with Crippen molar-refractivity contribution >= 4 is 26.2 Å². The SMILES string of the molecule is Cc1cc2ccccc2n1CS1(C(=O)NCc2cc(F)cc(F)c2)C=CC=C1. The fourth-order valence-corrected chi connectivity index (χ4v) is 5.92. The molecule has 0 radical (unpaired) electrons. The van der Waals surface area contributed by atoms with Gasteiger partial charge in [0.2, 0.25) is 0 Å². The van der Waals surface area contributed by atoms with Gasteiger partial charge in [0.15, 0.2) is 0 Å². The van der Waals surface area contributed by atoms with E-state index in [9.17, 15) is 13.6 Å². The number of rotatable bonds is 4. The molecule has 1 aliphatic heterocycles. The van der Waals surface area contributed by atoms with Crippen molar-refractivity contribution in [1.29, 1.82) is 0 Å². The number of fused-ring (bicyclic) bond motifs is 1. The third-order valence-corrected chi connectivity index (χ3v) is 7.62. The molecule has 0 atom stereocenters. The van der Waals surface area contributed by atoms with E-state index in [1.54, 1.807) is 0 Å². The molecule has 0 fully saturated rings. The summed E-state index contributed by atoms with van der Waals surface area (Å²) in [6.07, 6.45) is 3.77. The lowest BCUT2D eigenvalue weighted by molar-refractivity contribution is 0.260. The Morgan fingerprint density at radius 1 is 1.04 bits per heavy atom. The number of nitrogens with zero attached hydrogens (tertiary/aromatic N) is 1. The lowest BCUT2D eigenvalue weighted by atomic mass is 10.2. The zero-order chi connectivity index (χ0) is 19.7. The van der Waals surface area contributed by atoms with Crippen molar-refractivity contribution < 1.29 is 13.6 Å². The van der Waals surface area contributed by atoms with E-state index < -0.39 is 21.7 Å². The Hall–Kier alpha value is -2.86. The van der Waals surface area contributed by atoms with Crippen LogP contribution in [0, 0.1) is 18.6 Å². The molecular formula is C22H20F2N2OS. The van der Waals surface area contributed by atoms with E-state index in [0.717, 1.165) is 22.7 Å². The Balaban J connectivity index is 1.59. The Labute approximate surface area is 163 Å². The van der Waals surface area contributed by atoms with Crippen molar-refractivity contribution in [1.82, 2.24) is 9.88 Å². The van der Waals surface area contributed by atoms with E-state index in [-0.39, 0.29) is 11.8 Å². The highest BCUT2D eigenvalue weighted by Crippen LogP contribution is 2.56. The lowest BCUT2D eigenvalue weighted by Crippen LogP contribution is -2.27. The predicted octanol–water partition coefficient (Wildman–Crippen LogP) is 5.94. The quantitative estimate of drug-likeness (QED) is 0.580. The number of nitrogens with one attached hydrogen (secondary N) is 1. The van der Waals surface area contributed by atoms with Crippen LogP contribution in [-0.2, 0) is 12.4 Å². The van der Waals surface area contributed by atoms with E-state index in [1.807, 2.05) is 48.1 Å². The first kappa shape index (κ1) is 18.5. The first-order valence-corrected chi connectivity index (χ1v) is 10.8. The zero-order valence-corrected chi connectivity index (χ0v) is 16.2. The van der Waals surface area contributed by atoms with Gasteiger partial charge in [-0.1, -0.05) is 30.4 Å². The molecule has 0 aliphatic carbocycles. The Bertz CT molecular complexity index is 1080. The lowest BCUT2D eigenvalue weighted by Gasteiger charge is -2.31. The second kappa shape index (κ2) is 7.28. The van der Waals surface area contributed by atoms with Gasteiger partial charge in [-0.25, -0.2) is 8.78 Å². The summed E-state index contributed by atoms with van der Waals surface area (Å²) in [5.74, 6) is -0.773. The van der Waals surface area contributed by atoms with Crippen LogP contribution in [0.25, 0.3) is 10.9 Å². The van der Waals surface area contributed by atoms with Gasteiger partial charge in [0, 0.05) is 23.8 Å². The number of hydrogen-bond donors (Lipinski definition) is 1. The molecule has 1 aromatic heterocycles. The number of halogens is 2. The molecule has 144 valence electrons. The smallest absolute Gasteiger partial charge is 0.270 e. The Kier molecular flexibility index (Phi) is 4.81. The third kappa shape index (κ3) is 3.47. The Morgan fingerprint density at radius 2 is 1.71 bits per heavy atom. The minimum absolute atomic E-state index is 0.0787. The van der Waals surface area contributed by atoms with Crippen molar-refractivity contribution in [3.05, 3.63) is 94.4 Å². The summed E-state index contributed by atoms with van der Waals surface area (Å²) in [5, 5.41) is 7.77. The molecule has 28 heavy (non-hydrogen) atoms. The number of hydrogen-bond acceptors (Lipinski definition) is 1. The predicted molar refractivity (Wildman–Crippen MR) is 111 cm³/mol. The molecule has 0 saturated carbocycles. The van der Waals surface area contributed by atoms with E-state index >= 15 is 0 Å². The molecule has 1 N–H and O–H groups in total. The number of aromatic nitrogens is 1. The van der Waals surface area contributed by atoms with E-state index in [2.05, 4.69) is 22.0 Å². The molecule has 3 nitrogen and oxygen atoms in total. The molecule has 0 saturated heterocycles. The molecule has 2 heterocycles. The van der Waals surface area contributed by atoms with Gasteiger partial charge in [0.1, 0.15) is 11.6 Å². The fraction of sp³-hybridized carbons (Fsp3) is 0.136. The van der Waals surface area contributed by atoms with E-state index in [0.29, 0.717) is 11.4 Å². The highest BCUT2D eigenvalue weighted by atomic mass is 32.3. The van der Waals surface area contributed by atoms with Crippen molar-refractivity contribution in [3.8, 4) is 0 Å². The summed E-state index contributed by atoms with van der Waals surface area (Å²) in [6, 6.07) is 13.5. The van der Waals surface area contributed by atoms with Crippen molar-refractivity contribution in [3.63, 3.8) is 0 Å². The van der Waals surface area contributed by atoms with Crippen LogP contribution in [0.5, 0.6) is 0 Å². The van der Waals surface area contributed by atoms with Gasteiger partial charge in [-0.2, -0.15) is 0 Å². The molecule has 2 aromatic carbocycles. The molecule has 3 aromatic rings. The van der Waals surface area contributed by atoms with Gasteiger partial charge in [-0.3, -0.25) is 4.79 Å². The number of allylic oxidation sites excluding steroid dienone is 2. The van der Waals surface area contributed by atoms with E-state index in [1.165, 1.54) is 12.1 Å². The first-order chi connectivity index (χ1) is 13.5. The average Bonchev–Trinajstić information content (AvgIpc) is 3.25. The normalized spacial score (nSPS) is 15.8. The maximum absolute atomic E-state index is 13.4. The summed E-state index contributed by atoms with van der Waals surface area (Å²) < 4.78 is 29.0. The molecule has 6 heteroatoms. The highest BCUT2D eigenvalue weighted by molar-refractivity contribution is 8.48. The zero-order valence-electron chi connectivity index (χ0n) is 15.4. The number of amides is 1. The number of para-hydroxylation sites is 1. The maximum atomic E-state index is 13.4. The summed E-state index contributed by atoms with van der Waals surface area (Å²) in [4.78, 5) is 13.1. The van der Waals surface area contributed by atoms with Crippen molar-refractivity contribution in [2.75, 3.05) is 0 Å².